The number of pyridine rings is 1. The van der Waals surface area contributed by atoms with E-state index in [2.05, 4.69) is 20.2 Å². The summed E-state index contributed by atoms with van der Waals surface area (Å²) in [6.07, 6.45) is 2.07. The zero-order valence-corrected chi connectivity index (χ0v) is 17.0. The lowest BCUT2D eigenvalue weighted by Crippen LogP contribution is -2.36. The molecule has 158 valence electrons. The van der Waals surface area contributed by atoms with Crippen molar-refractivity contribution in [3.05, 3.63) is 54.4 Å². The molecule has 0 bridgehead atoms. The Morgan fingerprint density at radius 1 is 1.03 bits per heavy atom. The Morgan fingerprint density at radius 2 is 1.77 bits per heavy atom. The smallest absolute Gasteiger partial charge is 0.271 e. The molecule has 4 rings (SSSR count). The van der Waals surface area contributed by atoms with Gasteiger partial charge in [0.2, 0.25) is 0 Å². The molecule has 0 N–H and O–H groups in total. The molecule has 4 heterocycles. The monoisotopic (exact) mass is 425 g/mol. The molecule has 0 spiro atoms. The molecule has 0 aliphatic heterocycles. The first-order chi connectivity index (χ1) is 14.6. The number of hydrogen-bond acceptors (Lipinski definition) is 5. The molecular weight excluding hydrogens is 407 g/mol. The summed E-state index contributed by atoms with van der Waals surface area (Å²) in [6.45, 7) is 3.80. The Kier molecular flexibility index (Phi) is 4.76. The summed E-state index contributed by atoms with van der Waals surface area (Å²) in [6, 6.07) is 7.07. The van der Waals surface area contributed by atoms with E-state index in [0.717, 1.165) is 19.5 Å². The van der Waals surface area contributed by atoms with Crippen LogP contribution in [0.5, 0.6) is 0 Å². The van der Waals surface area contributed by atoms with Crippen molar-refractivity contribution < 1.29 is 13.2 Å². The summed E-state index contributed by atoms with van der Waals surface area (Å²) in [7, 11) is 0. The number of nitriles is 1. The second-order valence-electron chi connectivity index (χ2n) is 7.94. The van der Waals surface area contributed by atoms with Crippen LogP contribution in [-0.4, -0.2) is 35.5 Å². The Bertz CT molecular complexity index is 1310. The van der Waals surface area contributed by atoms with Gasteiger partial charge in [-0.1, -0.05) is 0 Å². The van der Waals surface area contributed by atoms with Crippen LogP contribution in [0.3, 0.4) is 0 Å². The quantitative estimate of drug-likeness (QED) is 0.483. The molecule has 0 unspecified atom stereocenters. The van der Waals surface area contributed by atoms with E-state index < -0.39 is 11.6 Å². The number of alkyl halides is 3. The summed E-state index contributed by atoms with van der Waals surface area (Å²) in [4.78, 5) is 8.82. The Labute approximate surface area is 175 Å². The minimum atomic E-state index is -4.36. The van der Waals surface area contributed by atoms with E-state index in [-0.39, 0.29) is 12.2 Å². The fourth-order valence-corrected chi connectivity index (χ4v) is 3.18. The lowest BCUT2D eigenvalue weighted by atomic mass is 9.93. The zero-order chi connectivity index (χ0) is 22.4. The average Bonchev–Trinajstić information content (AvgIpc) is 3.30. The van der Waals surface area contributed by atoms with E-state index in [1.165, 1.54) is 10.9 Å². The number of halogens is 3. The van der Waals surface area contributed by atoms with Crippen LogP contribution in [0.25, 0.3) is 28.0 Å². The first-order valence-corrected chi connectivity index (χ1v) is 9.40. The summed E-state index contributed by atoms with van der Waals surface area (Å²) >= 11 is 0. The van der Waals surface area contributed by atoms with Crippen molar-refractivity contribution in [2.24, 2.45) is 5.41 Å². The maximum absolute atomic E-state index is 13.3. The van der Waals surface area contributed by atoms with Gasteiger partial charge in [-0.3, -0.25) is 4.68 Å². The van der Waals surface area contributed by atoms with Gasteiger partial charge >= 0.3 is 6.18 Å². The first-order valence-electron chi connectivity index (χ1n) is 9.40. The van der Waals surface area contributed by atoms with E-state index in [9.17, 15) is 18.4 Å². The van der Waals surface area contributed by atoms with Crippen LogP contribution in [0.1, 0.15) is 25.2 Å². The number of fused-ring (bicyclic) bond motifs is 1. The molecule has 0 aliphatic rings. The van der Waals surface area contributed by atoms with Gasteiger partial charge in [-0.2, -0.15) is 28.6 Å². The lowest BCUT2D eigenvalue weighted by Gasteiger charge is -2.27. The predicted octanol–water partition coefficient (Wildman–Crippen LogP) is 4.42. The molecule has 4 aromatic rings. The van der Waals surface area contributed by atoms with E-state index in [0.29, 0.717) is 28.0 Å². The highest BCUT2D eigenvalue weighted by Crippen LogP contribution is 2.39. The maximum Gasteiger partial charge on any atom is 0.395 e. The summed E-state index contributed by atoms with van der Waals surface area (Å²) < 4.78 is 42.6. The molecule has 0 saturated carbocycles. The van der Waals surface area contributed by atoms with Crippen LogP contribution in [0.2, 0.25) is 0 Å². The second-order valence-corrected chi connectivity index (χ2v) is 7.94. The van der Waals surface area contributed by atoms with Crippen molar-refractivity contribution in [1.29, 1.82) is 5.26 Å². The first kappa shape index (κ1) is 20.5. The number of hydrogen-bond donors (Lipinski definition) is 0. The van der Waals surface area contributed by atoms with E-state index in [1.807, 2.05) is 13.0 Å². The minimum absolute atomic E-state index is 0.212. The second kappa shape index (κ2) is 7.19. The van der Waals surface area contributed by atoms with Gasteiger partial charge in [-0.15, -0.1) is 0 Å². The highest BCUT2D eigenvalue weighted by Gasteiger charge is 2.47. The van der Waals surface area contributed by atoms with E-state index in [4.69, 9.17) is 0 Å². The minimum Gasteiger partial charge on any atom is -0.271 e. The number of rotatable bonds is 4. The maximum atomic E-state index is 13.3. The predicted molar refractivity (Wildman–Crippen MR) is 107 cm³/mol. The fourth-order valence-electron chi connectivity index (χ4n) is 3.18. The van der Waals surface area contributed by atoms with Crippen LogP contribution in [0.15, 0.2) is 43.0 Å². The highest BCUT2D eigenvalue weighted by molar-refractivity contribution is 5.81. The molecule has 31 heavy (non-hydrogen) atoms. The highest BCUT2D eigenvalue weighted by atomic mass is 19.4. The van der Waals surface area contributed by atoms with Crippen LogP contribution in [0, 0.1) is 23.7 Å². The van der Waals surface area contributed by atoms with Crippen molar-refractivity contribution >= 4 is 5.65 Å². The normalized spacial score (nSPS) is 12.3. The third-order valence-electron chi connectivity index (χ3n) is 4.99. The molecule has 4 aromatic heterocycles. The van der Waals surface area contributed by atoms with E-state index in [1.54, 1.807) is 41.3 Å². The van der Waals surface area contributed by atoms with Crippen molar-refractivity contribution in [1.82, 2.24) is 29.4 Å². The Morgan fingerprint density at radius 3 is 2.48 bits per heavy atom. The molecule has 0 aliphatic carbocycles. The Hall–Kier alpha value is -3.74. The van der Waals surface area contributed by atoms with E-state index >= 15 is 0 Å². The largest absolute Gasteiger partial charge is 0.395 e. The van der Waals surface area contributed by atoms with Crippen LogP contribution >= 0.6 is 0 Å². The third kappa shape index (κ3) is 3.86. The summed E-state index contributed by atoms with van der Waals surface area (Å²) in [5.41, 5.74) is 2.02. The molecule has 10 heteroatoms. The van der Waals surface area contributed by atoms with Gasteiger partial charge in [-0.25, -0.2) is 14.5 Å². The topological polar surface area (TPSA) is 84.7 Å². The van der Waals surface area contributed by atoms with Gasteiger partial charge in [-0.05, 0) is 39.0 Å². The molecule has 7 nitrogen and oxygen atoms in total. The number of aryl methyl sites for hydroxylation is 1. The number of aromatic nitrogens is 6. The molecule has 0 fully saturated rings. The molecular formula is C21H18F3N7. The van der Waals surface area contributed by atoms with Gasteiger partial charge in [0, 0.05) is 22.9 Å². The molecule has 0 saturated heterocycles. The van der Waals surface area contributed by atoms with Crippen molar-refractivity contribution in [3.8, 4) is 28.5 Å². The van der Waals surface area contributed by atoms with Gasteiger partial charge < -0.3 is 0 Å². The number of nitrogens with zero attached hydrogens (tertiary/aromatic N) is 7. The van der Waals surface area contributed by atoms with Crippen LogP contribution < -0.4 is 0 Å². The third-order valence-corrected chi connectivity index (χ3v) is 4.99. The summed E-state index contributed by atoms with van der Waals surface area (Å²) in [5.74, 6) is 0. The van der Waals surface area contributed by atoms with Crippen LogP contribution in [-0.2, 0) is 6.54 Å². The molecule has 0 atom stereocenters. The van der Waals surface area contributed by atoms with Gasteiger partial charge in [0.05, 0.1) is 41.9 Å². The SMILES string of the molecule is Cc1cn2ncc(-c3nc(C#N)ccc3-c3cnn(CC(C)(C)C(F)(F)F)c3)cc2n1. The van der Waals surface area contributed by atoms with Crippen molar-refractivity contribution in [3.63, 3.8) is 0 Å². The standard InChI is InChI=1S/C21H18F3N7/c1-13-10-31-18(28-13)6-14(8-27-31)19-17(5-4-16(7-25)29-19)15-9-26-30(11-15)12-20(2,3)21(22,23)24/h4-6,8-11H,12H2,1-3H3. The number of imidazole rings is 1. The fraction of sp³-hybridized carbons (Fsp3) is 0.286. The van der Waals surface area contributed by atoms with Crippen molar-refractivity contribution in [2.45, 2.75) is 33.5 Å². The lowest BCUT2D eigenvalue weighted by molar-refractivity contribution is -0.216. The van der Waals surface area contributed by atoms with Crippen LogP contribution in [0.4, 0.5) is 13.2 Å². The zero-order valence-electron chi connectivity index (χ0n) is 17.0. The van der Waals surface area contributed by atoms with Crippen molar-refractivity contribution in [2.75, 3.05) is 0 Å². The Balaban J connectivity index is 1.78. The van der Waals surface area contributed by atoms with Gasteiger partial charge in [0.25, 0.3) is 0 Å². The molecule has 0 amide bonds. The van der Waals surface area contributed by atoms with Gasteiger partial charge in [0.1, 0.15) is 11.8 Å². The molecule has 0 aromatic carbocycles. The summed E-state index contributed by atoms with van der Waals surface area (Å²) in [5, 5.41) is 17.7. The van der Waals surface area contributed by atoms with Gasteiger partial charge in [0.15, 0.2) is 5.65 Å². The average molecular weight is 425 g/mol. The molecule has 0 radical (unpaired) electrons.